The van der Waals surface area contributed by atoms with Gasteiger partial charge >= 0.3 is 0 Å². The normalized spacial score (nSPS) is 23.5. The Hall–Kier alpha value is -1.73. The molecule has 7 heteroatoms. The van der Waals surface area contributed by atoms with E-state index in [2.05, 4.69) is 33.4 Å². The van der Waals surface area contributed by atoms with Gasteiger partial charge in [-0.3, -0.25) is 9.89 Å². The van der Waals surface area contributed by atoms with E-state index in [1.54, 1.807) is 11.3 Å². The molecule has 2 aliphatic heterocycles. The number of hydrogen-bond acceptors (Lipinski definition) is 6. The highest BCUT2D eigenvalue weighted by molar-refractivity contribution is 9.10. The van der Waals surface area contributed by atoms with Gasteiger partial charge in [-0.15, -0.1) is 11.3 Å². The Morgan fingerprint density at radius 1 is 1.39 bits per heavy atom. The van der Waals surface area contributed by atoms with Crippen LogP contribution in [0.15, 0.2) is 44.1 Å². The fourth-order valence-corrected chi connectivity index (χ4v) is 4.23. The Morgan fingerprint density at radius 3 is 3.00 bits per heavy atom. The fourth-order valence-electron chi connectivity index (χ4n) is 3.18. The average molecular weight is 390 g/mol. The molecule has 0 amide bonds. The van der Waals surface area contributed by atoms with E-state index in [0.717, 1.165) is 46.1 Å². The van der Waals surface area contributed by atoms with Gasteiger partial charge in [0.1, 0.15) is 5.84 Å². The molecule has 5 nitrogen and oxygen atoms in total. The predicted molar refractivity (Wildman–Crippen MR) is 97.0 cm³/mol. The van der Waals surface area contributed by atoms with Gasteiger partial charge in [-0.25, -0.2) is 9.98 Å². The van der Waals surface area contributed by atoms with E-state index in [-0.39, 0.29) is 0 Å². The third-order valence-corrected chi connectivity index (χ3v) is 5.44. The number of fused-ring (bicyclic) bond motifs is 1. The molecule has 2 aromatic rings. The summed E-state index contributed by atoms with van der Waals surface area (Å²) in [5.41, 5.74) is 7.43. The fraction of sp³-hybridized carbons (Fsp3) is 0.312. The minimum Gasteiger partial charge on any atom is -0.369 e. The van der Waals surface area contributed by atoms with Gasteiger partial charge in [-0.1, -0.05) is 28.1 Å². The number of nitrogens with two attached hydrogens (primary N) is 1. The van der Waals surface area contributed by atoms with E-state index < -0.39 is 5.54 Å². The highest BCUT2D eigenvalue weighted by Gasteiger charge is 2.50. The van der Waals surface area contributed by atoms with Gasteiger partial charge in [0, 0.05) is 22.9 Å². The van der Waals surface area contributed by atoms with Crippen LogP contribution in [0.5, 0.6) is 0 Å². The number of halogens is 1. The van der Waals surface area contributed by atoms with Crippen molar-refractivity contribution in [3.05, 3.63) is 50.4 Å². The number of benzene rings is 1. The lowest BCUT2D eigenvalue weighted by molar-refractivity contribution is 0.529. The molecule has 1 atom stereocenters. The van der Waals surface area contributed by atoms with Crippen LogP contribution in [0, 0.1) is 6.92 Å². The summed E-state index contributed by atoms with van der Waals surface area (Å²) in [6.07, 6.45) is 0.990. The number of aryl methyl sites for hydroxylation is 1. The Balaban J connectivity index is 2.01. The molecule has 3 heterocycles. The number of rotatable bonds is 2. The summed E-state index contributed by atoms with van der Waals surface area (Å²) in [5.74, 6) is 1.42. The Bertz CT molecular complexity index is 827. The van der Waals surface area contributed by atoms with E-state index in [4.69, 9.17) is 20.7 Å². The number of aliphatic imine (C=N–C) groups is 2. The molecule has 23 heavy (non-hydrogen) atoms. The lowest BCUT2D eigenvalue weighted by Crippen LogP contribution is -2.46. The van der Waals surface area contributed by atoms with Crippen LogP contribution in [0.4, 0.5) is 0 Å². The second-order valence-electron chi connectivity index (χ2n) is 5.65. The van der Waals surface area contributed by atoms with Gasteiger partial charge in [0.2, 0.25) is 0 Å². The molecular weight excluding hydrogens is 374 g/mol. The Kier molecular flexibility index (Phi) is 3.50. The van der Waals surface area contributed by atoms with Gasteiger partial charge in [0.15, 0.2) is 11.5 Å². The maximum absolute atomic E-state index is 6.24. The molecule has 0 saturated heterocycles. The first-order chi connectivity index (χ1) is 11.1. The van der Waals surface area contributed by atoms with Gasteiger partial charge < -0.3 is 5.73 Å². The molecule has 0 radical (unpaired) electrons. The Morgan fingerprint density at radius 2 is 2.26 bits per heavy atom. The molecule has 118 valence electrons. The van der Waals surface area contributed by atoms with Crippen LogP contribution in [-0.2, 0) is 5.54 Å². The number of hydrogen-bond donors (Lipinski definition) is 1. The van der Waals surface area contributed by atoms with Crippen molar-refractivity contribution >= 4 is 39.1 Å². The van der Waals surface area contributed by atoms with Crippen LogP contribution in [-0.4, -0.2) is 34.8 Å². The van der Waals surface area contributed by atoms with Gasteiger partial charge in [0.25, 0.3) is 0 Å². The van der Waals surface area contributed by atoms with E-state index in [0.29, 0.717) is 5.96 Å². The van der Waals surface area contributed by atoms with Crippen LogP contribution in [0.3, 0.4) is 0 Å². The quantitative estimate of drug-likeness (QED) is 0.858. The van der Waals surface area contributed by atoms with Crippen molar-refractivity contribution < 1.29 is 0 Å². The first kappa shape index (κ1) is 14.8. The summed E-state index contributed by atoms with van der Waals surface area (Å²) in [5, 5.41) is 3.08. The molecule has 0 spiro atoms. The summed E-state index contributed by atoms with van der Waals surface area (Å²) >= 11 is 5.19. The lowest BCUT2D eigenvalue weighted by Gasteiger charge is -2.31. The smallest absolute Gasteiger partial charge is 0.198 e. The SMILES string of the molecule is Cc1nc([C@@]2(c3cccc(Br)c3)N=C(N)N3CCCN=C32)cs1. The zero-order chi connectivity index (χ0) is 16.0. The monoisotopic (exact) mass is 389 g/mol. The van der Waals surface area contributed by atoms with Crippen LogP contribution in [0.25, 0.3) is 0 Å². The standard InChI is InChI=1S/C16H16BrN5S/c1-10-20-13(9-23-10)16(11-4-2-5-12(17)8-11)14-19-6-3-7-22(14)15(18)21-16/h2,4-5,8-9H,3,6-7H2,1H3,(H2,18,21)/t16-/m1/s1. The van der Waals surface area contributed by atoms with Crippen molar-refractivity contribution in [3.8, 4) is 0 Å². The molecule has 0 aliphatic carbocycles. The third-order valence-electron chi connectivity index (χ3n) is 4.17. The molecule has 2 aliphatic rings. The van der Waals surface area contributed by atoms with Crippen LogP contribution in [0.2, 0.25) is 0 Å². The molecule has 1 aromatic carbocycles. The highest BCUT2D eigenvalue weighted by Crippen LogP contribution is 2.42. The second-order valence-corrected chi connectivity index (χ2v) is 7.63. The first-order valence-corrected chi connectivity index (χ1v) is 9.15. The molecule has 1 aromatic heterocycles. The van der Waals surface area contributed by atoms with Crippen LogP contribution in [0.1, 0.15) is 22.7 Å². The molecule has 0 fully saturated rings. The summed E-state index contributed by atoms with van der Waals surface area (Å²) in [6, 6.07) is 8.16. The summed E-state index contributed by atoms with van der Waals surface area (Å²) in [7, 11) is 0. The van der Waals surface area contributed by atoms with Gasteiger partial charge in [-0.2, -0.15) is 0 Å². The van der Waals surface area contributed by atoms with Crippen molar-refractivity contribution in [2.24, 2.45) is 15.7 Å². The van der Waals surface area contributed by atoms with Crippen molar-refractivity contribution in [1.29, 1.82) is 0 Å². The zero-order valence-electron chi connectivity index (χ0n) is 12.7. The molecule has 4 rings (SSSR count). The molecule has 0 unspecified atom stereocenters. The summed E-state index contributed by atoms with van der Waals surface area (Å²) < 4.78 is 1.00. The Labute approximate surface area is 147 Å². The number of aromatic nitrogens is 1. The minimum absolute atomic E-state index is 0.522. The highest BCUT2D eigenvalue weighted by atomic mass is 79.9. The minimum atomic E-state index is -0.737. The number of thiazole rings is 1. The van der Waals surface area contributed by atoms with E-state index in [1.807, 2.05) is 24.0 Å². The van der Waals surface area contributed by atoms with Gasteiger partial charge in [0.05, 0.1) is 10.7 Å². The first-order valence-electron chi connectivity index (χ1n) is 7.48. The third kappa shape index (κ3) is 2.21. The zero-order valence-corrected chi connectivity index (χ0v) is 15.1. The van der Waals surface area contributed by atoms with E-state index in [9.17, 15) is 0 Å². The van der Waals surface area contributed by atoms with E-state index >= 15 is 0 Å². The summed E-state index contributed by atoms with van der Waals surface area (Å²) in [4.78, 5) is 16.4. The lowest BCUT2D eigenvalue weighted by atomic mass is 9.86. The van der Waals surface area contributed by atoms with Crippen molar-refractivity contribution in [1.82, 2.24) is 9.88 Å². The summed E-state index contributed by atoms with van der Waals surface area (Å²) in [6.45, 7) is 3.66. The second kappa shape index (κ2) is 5.42. The molecule has 0 bridgehead atoms. The number of amidine groups is 1. The molecule has 0 saturated carbocycles. The van der Waals surface area contributed by atoms with Gasteiger partial charge in [-0.05, 0) is 31.0 Å². The van der Waals surface area contributed by atoms with E-state index in [1.165, 1.54) is 0 Å². The maximum Gasteiger partial charge on any atom is 0.198 e. The van der Waals surface area contributed by atoms with Crippen molar-refractivity contribution in [2.75, 3.05) is 13.1 Å². The topological polar surface area (TPSA) is 66.9 Å². The largest absolute Gasteiger partial charge is 0.369 e. The maximum atomic E-state index is 6.24. The predicted octanol–water partition coefficient (Wildman–Crippen LogP) is 2.89. The number of nitrogens with zero attached hydrogens (tertiary/aromatic N) is 4. The molecule has 2 N–H and O–H groups in total. The molecular formula is C16H16BrN5S. The average Bonchev–Trinajstić information content (AvgIpc) is 3.11. The number of guanidine groups is 1. The van der Waals surface area contributed by atoms with Crippen LogP contribution < -0.4 is 5.73 Å². The van der Waals surface area contributed by atoms with Crippen molar-refractivity contribution in [2.45, 2.75) is 18.9 Å². The van der Waals surface area contributed by atoms with Crippen LogP contribution >= 0.6 is 27.3 Å². The van der Waals surface area contributed by atoms with Crippen molar-refractivity contribution in [3.63, 3.8) is 0 Å².